The van der Waals surface area contributed by atoms with Crippen molar-refractivity contribution >= 4 is 100.0 Å². The maximum Gasteiger partial charge on any atom is 0.251 e. The highest BCUT2D eigenvalue weighted by Crippen LogP contribution is 2.56. The SMILES string of the molecule is CC=CCC(C)C(O)C1C(=O)NC(CC)C(=O)N(C)C(Cc2ccc(C(=O)NCCCCCCNC(=O)CCCCC[P+](c3ccccc3)(c3ccccc3)c3ccccc3)cc2)C(=O)N(C)C(CC(C)C)C(=O)NC(C(C)C)C(=O)N(C)C(CC(C)C)C(=O)NC(C)C(=O)NC(C)C(=O)N(C)C(CC(C)C)C(=O)N(C)C(CC(C)C)C(=O)N(C)C(C(C)C)C(=O)N1C. The smallest absolute Gasteiger partial charge is 0.251 e. The van der Waals surface area contributed by atoms with Crippen molar-refractivity contribution in [2.24, 2.45) is 41.4 Å². The van der Waals surface area contributed by atoms with E-state index in [1.54, 1.807) is 84.9 Å². The van der Waals surface area contributed by atoms with E-state index in [9.17, 15) is 29.1 Å². The summed E-state index contributed by atoms with van der Waals surface area (Å²) in [5.74, 6) is -11.0. The van der Waals surface area contributed by atoms with Crippen molar-refractivity contribution in [2.45, 2.75) is 287 Å². The Balaban J connectivity index is 1.48. The van der Waals surface area contributed by atoms with Crippen molar-refractivity contribution in [3.8, 4) is 0 Å². The number of carbonyl (C=O) groups excluding carboxylic acids is 13. The van der Waals surface area contributed by atoms with Crippen molar-refractivity contribution in [2.75, 3.05) is 68.6 Å². The van der Waals surface area contributed by atoms with E-state index in [-0.39, 0.29) is 80.4 Å². The highest BCUT2D eigenvalue weighted by Gasteiger charge is 2.48. The summed E-state index contributed by atoms with van der Waals surface area (Å²) in [6.07, 6.45) is 9.65. The maximum atomic E-state index is 15.9. The predicted molar refractivity (Wildman–Crippen MR) is 510 cm³/mol. The number of allylic oxidation sites excluding steroid dienone is 2. The first-order valence-corrected chi connectivity index (χ1v) is 48.4. The number of aliphatic hydroxyl groups excluding tert-OH is 1. The molecule has 28 heteroatoms. The summed E-state index contributed by atoms with van der Waals surface area (Å²) in [5, 5.41) is 33.9. The lowest BCUT2D eigenvalue weighted by atomic mass is 9.91. The van der Waals surface area contributed by atoms with Gasteiger partial charge in [-0.25, -0.2) is 0 Å². The molecule has 0 radical (unpaired) electrons. The molecule has 27 nitrogen and oxygen atoms in total. The number of aliphatic hydroxyl groups is 1. The molecule has 0 aromatic heterocycles. The van der Waals surface area contributed by atoms with E-state index in [1.807, 2.05) is 55.4 Å². The summed E-state index contributed by atoms with van der Waals surface area (Å²) in [7, 11) is 7.99. The van der Waals surface area contributed by atoms with Gasteiger partial charge in [-0.1, -0.05) is 189 Å². The van der Waals surface area contributed by atoms with Crippen LogP contribution in [0.25, 0.3) is 0 Å². The van der Waals surface area contributed by atoms with Crippen LogP contribution in [-0.2, 0) is 64.0 Å². The van der Waals surface area contributed by atoms with E-state index >= 15 is 38.4 Å². The highest BCUT2D eigenvalue weighted by molar-refractivity contribution is 7.95. The van der Waals surface area contributed by atoms with Crippen molar-refractivity contribution in [1.29, 1.82) is 0 Å². The van der Waals surface area contributed by atoms with Crippen LogP contribution in [0.15, 0.2) is 127 Å². The second-order valence-corrected chi connectivity index (χ2v) is 41.2. The second-order valence-electron chi connectivity index (χ2n) is 37.6. The van der Waals surface area contributed by atoms with Crippen molar-refractivity contribution in [3.63, 3.8) is 0 Å². The van der Waals surface area contributed by atoms with Crippen LogP contribution in [0.5, 0.6) is 0 Å². The number of hydrogen-bond acceptors (Lipinski definition) is 14. The lowest BCUT2D eigenvalue weighted by molar-refractivity contribution is -0.157. The molecule has 4 aromatic rings. The Morgan fingerprint density at radius 3 is 1.30 bits per heavy atom. The monoisotopic (exact) mass is 1790 g/mol. The molecule has 4 aromatic carbocycles. The lowest BCUT2D eigenvalue weighted by Crippen LogP contribution is -2.64. The van der Waals surface area contributed by atoms with Gasteiger partial charge in [0.25, 0.3) is 5.91 Å². The van der Waals surface area contributed by atoms with Gasteiger partial charge in [0.15, 0.2) is 0 Å². The molecule has 0 bridgehead atoms. The van der Waals surface area contributed by atoms with Gasteiger partial charge in [0.2, 0.25) is 70.9 Å². The molecule has 1 aliphatic heterocycles. The Kier molecular flexibility index (Phi) is 44.7. The molecule has 0 saturated carbocycles. The Morgan fingerprint density at radius 2 is 0.836 bits per heavy atom. The maximum absolute atomic E-state index is 15.9. The van der Waals surface area contributed by atoms with Gasteiger partial charge in [-0.2, -0.15) is 0 Å². The number of likely N-dealkylation sites (N-methyl/N-ethyl adjacent to an activating group) is 7. The molecule has 13 atom stereocenters. The Bertz CT molecular complexity index is 4190. The van der Waals surface area contributed by atoms with Crippen LogP contribution in [0, 0.1) is 41.4 Å². The van der Waals surface area contributed by atoms with Crippen LogP contribution in [-0.4, -0.2) is 257 Å². The van der Waals surface area contributed by atoms with Crippen LogP contribution in [0.1, 0.15) is 224 Å². The van der Waals surface area contributed by atoms with E-state index in [1.165, 1.54) is 108 Å². The molecule has 7 N–H and O–H groups in total. The lowest BCUT2D eigenvalue weighted by Gasteiger charge is -2.41. The number of rotatable bonds is 34. The van der Waals surface area contributed by atoms with Gasteiger partial charge in [-0.15, -0.1) is 0 Å². The molecule has 708 valence electrons. The minimum Gasteiger partial charge on any atom is -0.390 e. The van der Waals surface area contributed by atoms with Gasteiger partial charge in [0.05, 0.1) is 12.3 Å². The fourth-order valence-electron chi connectivity index (χ4n) is 17.0. The predicted octanol–water partition coefficient (Wildman–Crippen LogP) is 9.84. The van der Waals surface area contributed by atoms with Gasteiger partial charge in [-0.3, -0.25) is 62.3 Å². The van der Waals surface area contributed by atoms with Crippen LogP contribution in [0.3, 0.4) is 0 Å². The van der Waals surface area contributed by atoms with Crippen molar-refractivity contribution < 1.29 is 67.4 Å². The van der Waals surface area contributed by atoms with E-state index < -0.39 is 163 Å². The standard InChI is InChI=1S/C100H154N13O14P/c1-25-27-44-70(15)88(115)87-93(120)105-78(26-2)95(122)110(21)83(63-73-52-54-74(55-53-73)90(117)102-57-42-29-28-41-56-101-84(114)51-40-33-43-58-128(75-45-34-30-35-46-75,76-47-36-31-37-48-76)77-49-38-32-39-50-77)97(124)107(18)80(60-65(5)6)92(119)106-85(68(11)12)99(126)108(19)79(59-64(3)4)91(118)103-71(16)89(116)104-72(17)94(121)109(20)81(61-66(7)8)96(123)111(22)82(62-67(9)10)98(125)112(23)86(69(13)14)100(127)113(87)24/h25,27,30-32,34-39,45-50,52-55,64-72,78-83,85-88,115H,26,28-29,33,40-44,51,56-63H2,1-24H3,(H5-,101,102,103,104,105,106,114,116,117,118,119,120)/p+1. The van der Waals surface area contributed by atoms with Gasteiger partial charge >= 0.3 is 0 Å². The minimum atomic E-state index is -1.95. The molecule has 1 heterocycles. The molecule has 1 saturated heterocycles. The third-order valence-corrected chi connectivity index (χ3v) is 29.3. The number of unbranched alkanes of at least 4 members (excludes halogenated alkanes) is 5. The number of nitrogens with one attached hydrogen (secondary N) is 6. The number of benzene rings is 4. The topological polar surface area (TPSA) is 337 Å². The molecular formula is C100H155N13O14P+. The van der Waals surface area contributed by atoms with Crippen LogP contribution in [0.2, 0.25) is 0 Å². The minimum absolute atomic E-state index is 0.0347. The number of nitrogens with zero attached hydrogens (tertiary/aromatic N) is 7. The van der Waals surface area contributed by atoms with Crippen LogP contribution >= 0.6 is 7.26 Å². The summed E-state index contributed by atoms with van der Waals surface area (Å²) >= 11 is 0. The number of amides is 13. The van der Waals surface area contributed by atoms with Crippen molar-refractivity contribution in [3.05, 3.63) is 139 Å². The van der Waals surface area contributed by atoms with Crippen LogP contribution < -0.4 is 47.8 Å². The van der Waals surface area contributed by atoms with Gasteiger partial charge < -0.3 is 71.3 Å². The molecule has 13 unspecified atom stereocenters. The zero-order chi connectivity index (χ0) is 95.7. The average molecular weight is 1790 g/mol. The van der Waals surface area contributed by atoms with Gasteiger partial charge in [0, 0.05) is 80.8 Å². The molecule has 0 spiro atoms. The first-order valence-electron chi connectivity index (χ1n) is 46.5. The molecule has 13 amide bonds. The number of carbonyl (C=O) groups is 13. The van der Waals surface area contributed by atoms with Gasteiger partial charge in [0.1, 0.15) is 89.6 Å². The van der Waals surface area contributed by atoms with Crippen molar-refractivity contribution in [1.82, 2.24) is 66.2 Å². The quantitative estimate of drug-likeness (QED) is 0.0130. The van der Waals surface area contributed by atoms with E-state index in [0.717, 1.165) is 49.6 Å². The van der Waals surface area contributed by atoms with Crippen LogP contribution in [0.4, 0.5) is 0 Å². The molecule has 0 aliphatic carbocycles. The summed E-state index contributed by atoms with van der Waals surface area (Å²) < 4.78 is 0. The summed E-state index contributed by atoms with van der Waals surface area (Å²) in [6.45, 7) is 30.8. The van der Waals surface area contributed by atoms with E-state index in [2.05, 4.69) is 123 Å². The molecule has 5 rings (SSSR count). The highest BCUT2D eigenvalue weighted by atomic mass is 31.2. The molecule has 128 heavy (non-hydrogen) atoms. The molecule has 1 aliphatic rings. The third kappa shape index (κ3) is 30.6. The zero-order valence-electron chi connectivity index (χ0n) is 81.2. The fraction of sp³-hybridized carbons (Fsp3) is 0.610. The van der Waals surface area contributed by atoms with Gasteiger partial charge in [-0.05, 0) is 187 Å². The summed E-state index contributed by atoms with van der Waals surface area (Å²) in [4.78, 5) is 203. The normalized spacial score (nSPS) is 22.4. The Morgan fingerprint density at radius 1 is 0.422 bits per heavy atom. The zero-order valence-corrected chi connectivity index (χ0v) is 82.0. The summed E-state index contributed by atoms with van der Waals surface area (Å²) in [5.41, 5.74) is 0.822. The molecular weight excluding hydrogens is 1640 g/mol. The third-order valence-electron chi connectivity index (χ3n) is 24.7. The Labute approximate surface area is 764 Å². The summed E-state index contributed by atoms with van der Waals surface area (Å²) in [6, 6.07) is 24.4. The second kappa shape index (κ2) is 52.7. The first kappa shape index (κ1) is 109. The Hall–Kier alpha value is -9.88. The number of hydrogen-bond donors (Lipinski definition) is 7. The van der Waals surface area contributed by atoms with E-state index in [4.69, 9.17) is 0 Å². The first-order chi connectivity index (χ1) is 60.4. The molecule has 1 fully saturated rings. The van der Waals surface area contributed by atoms with E-state index in [0.29, 0.717) is 37.1 Å². The largest absolute Gasteiger partial charge is 0.390 e. The average Bonchev–Trinajstić information content (AvgIpc) is 0.765. The fourth-order valence-corrected chi connectivity index (χ4v) is 21.4.